The van der Waals surface area contributed by atoms with E-state index in [0.717, 1.165) is 33.9 Å². The fraction of sp³-hybridized carbons (Fsp3) is 0.290. The summed E-state index contributed by atoms with van der Waals surface area (Å²) < 4.78 is 23.3. The summed E-state index contributed by atoms with van der Waals surface area (Å²) in [6, 6.07) is 25.6. The molecule has 0 unspecified atom stereocenters. The number of carbonyl (C=O) groups excluding carboxylic acids is 1. The molecule has 0 amide bonds. The lowest BCUT2D eigenvalue weighted by Gasteiger charge is -2.26. The number of aryl methyl sites for hydroxylation is 1. The van der Waals surface area contributed by atoms with Gasteiger partial charge < -0.3 is 18.6 Å². The van der Waals surface area contributed by atoms with Crippen LogP contribution in [0.4, 0.5) is 0 Å². The molecule has 0 radical (unpaired) electrons. The Balaban J connectivity index is 1.48. The maximum Gasteiger partial charge on any atom is 0.349 e. The monoisotopic (exact) mass is 499 g/mol. The Bertz CT molecular complexity index is 1310. The molecule has 6 heteroatoms. The van der Waals surface area contributed by atoms with Crippen molar-refractivity contribution < 1.29 is 23.4 Å². The first-order valence-corrected chi connectivity index (χ1v) is 12.5. The van der Waals surface area contributed by atoms with Crippen molar-refractivity contribution in [1.82, 2.24) is 4.98 Å². The topological polar surface area (TPSA) is 70.8 Å². The molecule has 0 saturated heterocycles. The van der Waals surface area contributed by atoms with Crippen molar-refractivity contribution in [3.8, 4) is 23.0 Å². The van der Waals surface area contributed by atoms with Crippen molar-refractivity contribution in [2.24, 2.45) is 0 Å². The van der Waals surface area contributed by atoms with Gasteiger partial charge in [-0.2, -0.15) is 0 Å². The lowest BCUT2D eigenvalue weighted by atomic mass is 10.0. The molecule has 6 nitrogen and oxygen atoms in total. The van der Waals surface area contributed by atoms with Crippen molar-refractivity contribution >= 4 is 5.97 Å². The van der Waals surface area contributed by atoms with Crippen molar-refractivity contribution in [2.45, 2.75) is 46.1 Å². The van der Waals surface area contributed by atoms with Crippen LogP contribution in [-0.4, -0.2) is 29.8 Å². The second-order valence-electron chi connectivity index (χ2n) is 9.25. The molecular formula is C31H33NO5. The molecule has 0 aliphatic rings. The van der Waals surface area contributed by atoms with Gasteiger partial charge in [-0.3, -0.25) is 0 Å². The maximum atomic E-state index is 12.4. The van der Waals surface area contributed by atoms with E-state index in [1.807, 2.05) is 73.7 Å². The first-order valence-electron chi connectivity index (χ1n) is 12.5. The van der Waals surface area contributed by atoms with Crippen molar-refractivity contribution in [3.05, 3.63) is 101 Å². The van der Waals surface area contributed by atoms with Gasteiger partial charge in [-0.05, 0) is 63.6 Å². The fourth-order valence-corrected chi connectivity index (χ4v) is 3.95. The van der Waals surface area contributed by atoms with E-state index in [0.29, 0.717) is 37.7 Å². The van der Waals surface area contributed by atoms with Gasteiger partial charge in [-0.25, -0.2) is 9.78 Å². The lowest BCUT2D eigenvalue weighted by Crippen LogP contribution is -2.40. The van der Waals surface area contributed by atoms with E-state index in [-0.39, 0.29) is 0 Å². The van der Waals surface area contributed by atoms with E-state index in [1.54, 1.807) is 20.8 Å². The predicted molar refractivity (Wildman–Crippen MR) is 143 cm³/mol. The van der Waals surface area contributed by atoms with Crippen molar-refractivity contribution in [3.63, 3.8) is 0 Å². The minimum Gasteiger partial charge on any atom is -0.493 e. The molecule has 0 spiro atoms. The highest BCUT2D eigenvalue weighted by Crippen LogP contribution is 2.30. The molecule has 4 aromatic rings. The van der Waals surface area contributed by atoms with Crippen LogP contribution in [0.1, 0.15) is 43.4 Å². The van der Waals surface area contributed by atoms with E-state index in [1.165, 1.54) is 0 Å². The van der Waals surface area contributed by atoms with Gasteiger partial charge in [0.1, 0.15) is 17.3 Å². The van der Waals surface area contributed by atoms with Gasteiger partial charge in [0.25, 0.3) is 0 Å². The van der Waals surface area contributed by atoms with Crippen LogP contribution in [0.3, 0.4) is 0 Å². The number of esters is 1. The van der Waals surface area contributed by atoms with Crippen LogP contribution in [-0.2, 0) is 22.4 Å². The number of benzene rings is 3. The number of ether oxygens (including phenoxy) is 3. The third-order valence-corrected chi connectivity index (χ3v) is 5.92. The average molecular weight is 500 g/mol. The normalized spacial score (nSPS) is 11.2. The molecule has 0 aliphatic carbocycles. The molecule has 192 valence electrons. The molecule has 0 N–H and O–H groups in total. The molecule has 1 heterocycles. The molecule has 1 aromatic heterocycles. The number of aromatic nitrogens is 1. The molecular weight excluding hydrogens is 466 g/mol. The lowest BCUT2D eigenvalue weighted by molar-refractivity contribution is -0.158. The third-order valence-electron chi connectivity index (χ3n) is 5.92. The first kappa shape index (κ1) is 26.0. The summed E-state index contributed by atoms with van der Waals surface area (Å²) >= 11 is 0. The van der Waals surface area contributed by atoms with Gasteiger partial charge in [-0.1, -0.05) is 48.5 Å². The highest BCUT2D eigenvalue weighted by molar-refractivity contribution is 5.79. The van der Waals surface area contributed by atoms with Gasteiger partial charge in [-0.15, -0.1) is 0 Å². The molecule has 0 aliphatic heterocycles. The largest absolute Gasteiger partial charge is 0.493 e. The summed E-state index contributed by atoms with van der Waals surface area (Å²) in [6.45, 7) is 7.87. The minimum absolute atomic E-state index is 0.299. The van der Waals surface area contributed by atoms with Crippen LogP contribution in [0.2, 0.25) is 0 Å². The van der Waals surface area contributed by atoms with Crippen LogP contribution in [0.15, 0.2) is 83.3 Å². The van der Waals surface area contributed by atoms with E-state index in [9.17, 15) is 4.79 Å². The van der Waals surface area contributed by atoms with Crippen LogP contribution < -0.4 is 9.47 Å². The number of rotatable bonds is 11. The number of carbonyl (C=O) groups is 1. The summed E-state index contributed by atoms with van der Waals surface area (Å²) in [6.07, 6.45) is 1.25. The highest BCUT2D eigenvalue weighted by atomic mass is 16.6. The quantitative estimate of drug-likeness (QED) is 0.217. The Kier molecular flexibility index (Phi) is 8.29. The average Bonchev–Trinajstić information content (AvgIpc) is 3.27. The van der Waals surface area contributed by atoms with Gasteiger partial charge in [0.15, 0.2) is 5.60 Å². The Morgan fingerprint density at radius 3 is 2.38 bits per heavy atom. The zero-order chi connectivity index (χ0) is 26.3. The summed E-state index contributed by atoms with van der Waals surface area (Å²) in [5, 5.41) is 0. The second kappa shape index (κ2) is 11.8. The zero-order valence-corrected chi connectivity index (χ0v) is 21.8. The Morgan fingerprint density at radius 1 is 0.973 bits per heavy atom. The first-order chi connectivity index (χ1) is 17.9. The Morgan fingerprint density at radius 2 is 1.68 bits per heavy atom. The van der Waals surface area contributed by atoms with E-state index >= 15 is 0 Å². The molecule has 0 atom stereocenters. The zero-order valence-electron chi connectivity index (χ0n) is 21.8. The third kappa shape index (κ3) is 6.79. The van der Waals surface area contributed by atoms with E-state index in [4.69, 9.17) is 18.6 Å². The fourth-order valence-electron chi connectivity index (χ4n) is 3.95. The van der Waals surface area contributed by atoms with Crippen molar-refractivity contribution in [2.75, 3.05) is 13.2 Å². The summed E-state index contributed by atoms with van der Waals surface area (Å²) in [4.78, 5) is 17.1. The van der Waals surface area contributed by atoms with Gasteiger partial charge in [0.2, 0.25) is 5.89 Å². The summed E-state index contributed by atoms with van der Waals surface area (Å²) in [7, 11) is 0. The van der Waals surface area contributed by atoms with E-state index < -0.39 is 11.6 Å². The van der Waals surface area contributed by atoms with Gasteiger partial charge >= 0.3 is 5.97 Å². The Hall–Kier alpha value is -4.06. The predicted octanol–water partition coefficient (Wildman–Crippen LogP) is 6.58. The number of hydrogen-bond acceptors (Lipinski definition) is 6. The molecule has 3 aromatic carbocycles. The number of oxazole rings is 1. The van der Waals surface area contributed by atoms with Gasteiger partial charge in [0, 0.05) is 24.0 Å². The second-order valence-corrected chi connectivity index (χ2v) is 9.25. The molecule has 37 heavy (non-hydrogen) atoms. The highest BCUT2D eigenvalue weighted by Gasteiger charge is 2.32. The minimum atomic E-state index is -1.12. The van der Waals surface area contributed by atoms with Crippen LogP contribution in [0.5, 0.6) is 11.5 Å². The smallest absolute Gasteiger partial charge is 0.349 e. The maximum absolute atomic E-state index is 12.4. The molecule has 0 saturated carbocycles. The number of hydrogen-bond donors (Lipinski definition) is 0. The van der Waals surface area contributed by atoms with Crippen molar-refractivity contribution in [1.29, 1.82) is 0 Å². The standard InChI is InChI=1S/C31H33NO5/c1-5-34-30(33)31(3,4)37-28-17-16-26(21-25(28)20-23-12-8-6-9-13-23)35-19-18-27-22(2)36-29(32-27)24-14-10-7-11-15-24/h6-17,21H,5,18-20H2,1-4H3. The number of nitrogens with zero attached hydrogens (tertiary/aromatic N) is 1. The van der Waals surface area contributed by atoms with Crippen LogP contribution in [0.25, 0.3) is 11.5 Å². The molecule has 0 fully saturated rings. The summed E-state index contributed by atoms with van der Waals surface area (Å²) in [5.41, 5.74) is 2.75. The summed E-state index contributed by atoms with van der Waals surface area (Å²) in [5.74, 6) is 2.34. The van der Waals surface area contributed by atoms with Crippen LogP contribution >= 0.6 is 0 Å². The SMILES string of the molecule is CCOC(=O)C(C)(C)Oc1ccc(OCCc2nc(-c3ccccc3)oc2C)cc1Cc1ccccc1. The Labute approximate surface area is 218 Å². The van der Waals surface area contributed by atoms with Gasteiger partial charge in [0.05, 0.1) is 18.9 Å². The molecule has 4 rings (SSSR count). The van der Waals surface area contributed by atoms with E-state index in [2.05, 4.69) is 17.1 Å². The molecule has 0 bridgehead atoms. The van der Waals surface area contributed by atoms with Crippen LogP contribution in [0, 0.1) is 6.92 Å².